The summed E-state index contributed by atoms with van der Waals surface area (Å²) < 4.78 is 6.95. The van der Waals surface area contributed by atoms with Crippen molar-refractivity contribution < 1.29 is 9.21 Å². The summed E-state index contributed by atoms with van der Waals surface area (Å²) >= 11 is 1.57. The number of benzene rings is 1. The standard InChI is InChI=1S/C18H19N3O2S.2ClH/c1-11-12(2)21(10-9-19-11)18(22)15-8-7-14(23-15)17-20-13-5-3-4-6-16(13)24-17;;/h3-8,11-12,19H,9-10H2,1-2H3;2*1H. The number of carbonyl (C=O) groups excluding carboxylic acids is 1. The van der Waals surface area contributed by atoms with Crippen molar-refractivity contribution in [3.8, 4) is 10.8 Å². The number of nitrogens with one attached hydrogen (secondary N) is 1. The molecule has 26 heavy (non-hydrogen) atoms. The van der Waals surface area contributed by atoms with Crippen LogP contribution in [-0.4, -0.2) is 41.0 Å². The van der Waals surface area contributed by atoms with E-state index in [4.69, 9.17) is 4.42 Å². The molecule has 1 aliphatic rings. The first-order chi connectivity index (χ1) is 11.6. The summed E-state index contributed by atoms with van der Waals surface area (Å²) in [6, 6.07) is 12.0. The van der Waals surface area contributed by atoms with Gasteiger partial charge in [-0.15, -0.1) is 36.2 Å². The highest BCUT2D eigenvalue weighted by molar-refractivity contribution is 7.21. The topological polar surface area (TPSA) is 58.4 Å². The first kappa shape index (κ1) is 20.7. The Bertz CT molecular complexity index is 862. The van der Waals surface area contributed by atoms with Crippen molar-refractivity contribution in [2.75, 3.05) is 13.1 Å². The van der Waals surface area contributed by atoms with Crippen LogP contribution in [0.1, 0.15) is 24.4 Å². The van der Waals surface area contributed by atoms with Crippen molar-refractivity contribution in [1.29, 1.82) is 0 Å². The lowest BCUT2D eigenvalue weighted by molar-refractivity contribution is 0.0571. The van der Waals surface area contributed by atoms with E-state index in [1.165, 1.54) is 0 Å². The lowest BCUT2D eigenvalue weighted by atomic mass is 10.1. The summed E-state index contributed by atoms with van der Waals surface area (Å²) in [5.41, 5.74) is 0.950. The highest BCUT2D eigenvalue weighted by Gasteiger charge is 2.30. The van der Waals surface area contributed by atoms with Crippen molar-refractivity contribution in [2.24, 2.45) is 0 Å². The summed E-state index contributed by atoms with van der Waals surface area (Å²) in [6.45, 7) is 5.66. The average Bonchev–Trinajstić information content (AvgIpc) is 3.23. The van der Waals surface area contributed by atoms with Gasteiger partial charge in [-0.3, -0.25) is 4.79 Å². The summed E-state index contributed by atoms with van der Waals surface area (Å²) in [7, 11) is 0. The molecule has 2 aromatic heterocycles. The van der Waals surface area contributed by atoms with Crippen molar-refractivity contribution >= 4 is 52.3 Å². The molecule has 1 amide bonds. The maximum Gasteiger partial charge on any atom is 0.289 e. The number of carbonyl (C=O) groups is 1. The molecule has 2 unspecified atom stereocenters. The molecule has 0 spiro atoms. The number of hydrogen-bond donors (Lipinski definition) is 1. The number of halogens is 2. The van der Waals surface area contributed by atoms with Crippen LogP contribution in [0.2, 0.25) is 0 Å². The van der Waals surface area contributed by atoms with Gasteiger partial charge in [0.05, 0.1) is 10.2 Å². The molecular formula is C18H21Cl2N3O2S. The van der Waals surface area contributed by atoms with Crippen LogP contribution in [-0.2, 0) is 0 Å². The van der Waals surface area contributed by atoms with Crippen LogP contribution >= 0.6 is 36.2 Å². The summed E-state index contributed by atoms with van der Waals surface area (Å²) in [6.07, 6.45) is 0. The quantitative estimate of drug-likeness (QED) is 0.682. The number of rotatable bonds is 2. The van der Waals surface area contributed by atoms with Gasteiger partial charge in [-0.25, -0.2) is 4.98 Å². The second-order valence-corrected chi connectivity index (χ2v) is 7.16. The molecule has 1 saturated heterocycles. The Morgan fingerprint density at radius 3 is 2.77 bits per heavy atom. The molecule has 3 aromatic rings. The fourth-order valence-corrected chi connectivity index (χ4v) is 3.96. The van der Waals surface area contributed by atoms with Crippen LogP contribution in [0, 0.1) is 0 Å². The molecule has 0 saturated carbocycles. The van der Waals surface area contributed by atoms with Gasteiger partial charge in [-0.2, -0.15) is 0 Å². The van der Waals surface area contributed by atoms with Gasteiger partial charge in [-0.1, -0.05) is 12.1 Å². The Morgan fingerprint density at radius 1 is 1.23 bits per heavy atom. The van der Waals surface area contributed by atoms with E-state index in [2.05, 4.69) is 24.1 Å². The van der Waals surface area contributed by atoms with Crippen LogP contribution < -0.4 is 5.32 Å². The van der Waals surface area contributed by atoms with Crippen LogP contribution in [0.4, 0.5) is 0 Å². The number of para-hydroxylation sites is 1. The van der Waals surface area contributed by atoms with Gasteiger partial charge in [-0.05, 0) is 38.1 Å². The van der Waals surface area contributed by atoms with Crippen LogP contribution in [0.25, 0.3) is 21.0 Å². The Labute approximate surface area is 168 Å². The molecule has 4 rings (SSSR count). The molecule has 0 aliphatic carbocycles. The molecule has 2 atom stereocenters. The zero-order chi connectivity index (χ0) is 16.7. The maximum absolute atomic E-state index is 12.8. The van der Waals surface area contributed by atoms with E-state index in [1.54, 1.807) is 17.4 Å². The number of hydrogen-bond acceptors (Lipinski definition) is 5. The van der Waals surface area contributed by atoms with E-state index in [0.29, 0.717) is 18.1 Å². The van der Waals surface area contributed by atoms with Crippen LogP contribution in [0.3, 0.4) is 0 Å². The third kappa shape index (κ3) is 3.74. The molecule has 0 bridgehead atoms. The molecule has 0 radical (unpaired) electrons. The summed E-state index contributed by atoms with van der Waals surface area (Å²) in [5, 5.41) is 4.18. The molecule has 5 nitrogen and oxygen atoms in total. The number of piperazine rings is 1. The van der Waals surface area contributed by atoms with Gasteiger partial charge < -0.3 is 14.6 Å². The van der Waals surface area contributed by atoms with E-state index in [9.17, 15) is 4.79 Å². The lowest BCUT2D eigenvalue weighted by Crippen LogP contribution is -2.57. The van der Waals surface area contributed by atoms with Crippen molar-refractivity contribution in [3.05, 3.63) is 42.2 Å². The Balaban J connectivity index is 0.00000121. The number of amides is 1. The number of thiazole rings is 1. The molecule has 1 N–H and O–H groups in total. The van der Waals surface area contributed by atoms with Gasteiger partial charge in [0.15, 0.2) is 16.5 Å². The predicted molar refractivity (Wildman–Crippen MR) is 110 cm³/mol. The number of furan rings is 1. The van der Waals surface area contributed by atoms with Gasteiger partial charge >= 0.3 is 0 Å². The van der Waals surface area contributed by atoms with Gasteiger partial charge in [0.2, 0.25) is 0 Å². The minimum atomic E-state index is -0.0526. The molecule has 3 heterocycles. The molecule has 140 valence electrons. The zero-order valence-electron chi connectivity index (χ0n) is 14.5. The van der Waals surface area contributed by atoms with E-state index in [0.717, 1.165) is 21.8 Å². The largest absolute Gasteiger partial charge is 0.448 e. The normalized spacial score (nSPS) is 19.7. The number of nitrogens with zero attached hydrogens (tertiary/aromatic N) is 2. The third-order valence-corrected chi connectivity index (χ3v) is 5.67. The third-order valence-electron chi connectivity index (χ3n) is 4.62. The summed E-state index contributed by atoms with van der Waals surface area (Å²) in [5.74, 6) is 0.976. The molecule has 8 heteroatoms. The van der Waals surface area contributed by atoms with E-state index >= 15 is 0 Å². The van der Waals surface area contributed by atoms with Crippen molar-refractivity contribution in [2.45, 2.75) is 25.9 Å². The maximum atomic E-state index is 12.8. The van der Waals surface area contributed by atoms with Gasteiger partial charge in [0.1, 0.15) is 0 Å². The average molecular weight is 414 g/mol. The lowest BCUT2D eigenvalue weighted by Gasteiger charge is -2.38. The highest BCUT2D eigenvalue weighted by Crippen LogP contribution is 2.31. The monoisotopic (exact) mass is 413 g/mol. The zero-order valence-corrected chi connectivity index (χ0v) is 16.9. The van der Waals surface area contributed by atoms with Crippen molar-refractivity contribution in [3.63, 3.8) is 0 Å². The van der Waals surface area contributed by atoms with Crippen molar-refractivity contribution in [1.82, 2.24) is 15.2 Å². The molecule has 1 fully saturated rings. The number of aromatic nitrogens is 1. The van der Waals surface area contributed by atoms with Crippen LogP contribution in [0.15, 0.2) is 40.8 Å². The van der Waals surface area contributed by atoms with E-state index in [1.807, 2.05) is 35.2 Å². The van der Waals surface area contributed by atoms with Gasteiger partial charge in [0, 0.05) is 25.2 Å². The minimum Gasteiger partial charge on any atom is -0.448 e. The first-order valence-corrected chi connectivity index (χ1v) is 8.95. The van der Waals surface area contributed by atoms with E-state index < -0.39 is 0 Å². The van der Waals surface area contributed by atoms with E-state index in [-0.39, 0.29) is 42.8 Å². The smallest absolute Gasteiger partial charge is 0.289 e. The molecule has 1 aliphatic heterocycles. The first-order valence-electron chi connectivity index (χ1n) is 8.13. The second kappa shape index (κ2) is 8.39. The molecular weight excluding hydrogens is 393 g/mol. The fourth-order valence-electron chi connectivity index (χ4n) is 3.03. The van der Waals surface area contributed by atoms with Crippen LogP contribution in [0.5, 0.6) is 0 Å². The predicted octanol–water partition coefficient (Wildman–Crippen LogP) is 4.22. The summed E-state index contributed by atoms with van der Waals surface area (Å²) in [4.78, 5) is 19.2. The molecule has 1 aromatic carbocycles. The second-order valence-electron chi connectivity index (χ2n) is 6.13. The highest BCUT2D eigenvalue weighted by atomic mass is 35.5. The van der Waals surface area contributed by atoms with Gasteiger partial charge in [0.25, 0.3) is 5.91 Å². The number of fused-ring (bicyclic) bond motifs is 1. The Kier molecular flexibility index (Phi) is 6.69. The SMILES string of the molecule is CC1NCCN(C(=O)c2ccc(-c3nc4ccccc4s3)o2)C1C.Cl.Cl. The Morgan fingerprint density at radius 2 is 2.00 bits per heavy atom. The Hall–Kier alpha value is -1.60. The fraction of sp³-hybridized carbons (Fsp3) is 0.333. The minimum absolute atomic E-state index is 0.